The van der Waals surface area contributed by atoms with Crippen molar-refractivity contribution >= 4 is 41.5 Å². The van der Waals surface area contributed by atoms with Crippen molar-refractivity contribution in [2.75, 3.05) is 14.1 Å². The molecule has 116 valence electrons. The molecule has 0 aliphatic carbocycles. The topological polar surface area (TPSA) is 45.7 Å². The van der Waals surface area contributed by atoms with Crippen LogP contribution in [0, 0.1) is 0 Å². The molecule has 2 rings (SSSR count). The Kier molecular flexibility index (Phi) is 7.10. The molecule has 0 aliphatic rings. The van der Waals surface area contributed by atoms with Gasteiger partial charge in [0.2, 0.25) is 0 Å². The van der Waals surface area contributed by atoms with Crippen LogP contribution in [0.15, 0.2) is 40.1 Å². The second kappa shape index (κ2) is 8.33. The molecule has 5 nitrogen and oxygen atoms in total. The third-order valence-electron chi connectivity index (χ3n) is 3.05. The number of nitrogens with one attached hydrogen (secondary N) is 1. The van der Waals surface area contributed by atoms with Gasteiger partial charge in [-0.1, -0.05) is 11.6 Å². The monoisotopic (exact) mass is 422 g/mol. The first kappa shape index (κ1) is 17.9. The maximum Gasteiger partial charge on any atom is 0.194 e. The van der Waals surface area contributed by atoms with E-state index in [1.54, 1.807) is 13.3 Å². The number of guanidine groups is 1. The van der Waals surface area contributed by atoms with Gasteiger partial charge >= 0.3 is 0 Å². The number of furan rings is 1. The zero-order valence-electron chi connectivity index (χ0n) is 12.3. The number of halogens is 2. The van der Waals surface area contributed by atoms with Gasteiger partial charge in [-0.2, -0.15) is 0 Å². The van der Waals surface area contributed by atoms with Gasteiger partial charge in [0.25, 0.3) is 0 Å². The molecule has 0 bridgehead atoms. The maximum atomic E-state index is 5.99. The van der Waals surface area contributed by atoms with Gasteiger partial charge < -0.3 is 19.2 Å². The molecule has 0 atom stereocenters. The first-order valence-electron chi connectivity index (χ1n) is 6.35. The average molecular weight is 423 g/mol. The second-order valence-corrected chi connectivity index (χ2v) is 5.03. The summed E-state index contributed by atoms with van der Waals surface area (Å²) in [5.74, 6) is 1.68. The van der Waals surface area contributed by atoms with Gasteiger partial charge in [0.15, 0.2) is 5.96 Å². The van der Waals surface area contributed by atoms with Crippen LogP contribution in [-0.4, -0.2) is 29.5 Å². The Morgan fingerprint density at radius 2 is 2.29 bits per heavy atom. The van der Waals surface area contributed by atoms with Crippen LogP contribution in [0.3, 0.4) is 0 Å². The Bertz CT molecular complexity index is 580. The quantitative estimate of drug-likeness (QED) is 0.468. The van der Waals surface area contributed by atoms with E-state index in [1.807, 2.05) is 48.0 Å². The first-order chi connectivity index (χ1) is 9.60. The summed E-state index contributed by atoms with van der Waals surface area (Å²) in [5, 5.41) is 4.00. The van der Waals surface area contributed by atoms with Crippen LogP contribution in [0.5, 0.6) is 0 Å². The highest BCUT2D eigenvalue weighted by atomic mass is 127. The van der Waals surface area contributed by atoms with Gasteiger partial charge in [-0.15, -0.1) is 24.0 Å². The lowest BCUT2D eigenvalue weighted by Gasteiger charge is -2.22. The molecule has 0 radical (unpaired) electrons. The fourth-order valence-electron chi connectivity index (χ4n) is 2.01. The molecule has 0 fully saturated rings. The van der Waals surface area contributed by atoms with Gasteiger partial charge in [0, 0.05) is 33.0 Å². The van der Waals surface area contributed by atoms with Crippen molar-refractivity contribution in [2.45, 2.75) is 13.1 Å². The van der Waals surface area contributed by atoms with Crippen molar-refractivity contribution < 1.29 is 4.42 Å². The highest BCUT2D eigenvalue weighted by Gasteiger charge is 2.10. The number of hydrogen-bond acceptors (Lipinski definition) is 2. The van der Waals surface area contributed by atoms with E-state index in [0.717, 1.165) is 29.0 Å². The Balaban J connectivity index is 0.00000220. The van der Waals surface area contributed by atoms with Gasteiger partial charge in [-0.25, -0.2) is 0 Å². The lowest BCUT2D eigenvalue weighted by Crippen LogP contribution is -2.38. The van der Waals surface area contributed by atoms with Crippen LogP contribution in [0.2, 0.25) is 5.02 Å². The summed E-state index contributed by atoms with van der Waals surface area (Å²) >= 11 is 5.99. The zero-order chi connectivity index (χ0) is 14.5. The number of aryl methyl sites for hydroxylation is 1. The molecule has 0 aliphatic heterocycles. The van der Waals surface area contributed by atoms with Gasteiger partial charge in [0.05, 0.1) is 24.4 Å². The molecule has 2 heterocycles. The Hall–Kier alpha value is -1.15. The van der Waals surface area contributed by atoms with E-state index >= 15 is 0 Å². The summed E-state index contributed by atoms with van der Waals surface area (Å²) in [7, 11) is 5.73. The molecule has 0 unspecified atom stereocenters. The largest absolute Gasteiger partial charge is 0.467 e. The fraction of sp³-hybridized carbons (Fsp3) is 0.357. The SMILES string of the molecule is CN=C(NCc1ccco1)N(C)Cc1cc(Cl)cn1C.I. The highest BCUT2D eigenvalue weighted by molar-refractivity contribution is 14.0. The van der Waals surface area contributed by atoms with E-state index in [4.69, 9.17) is 16.0 Å². The Morgan fingerprint density at radius 1 is 1.52 bits per heavy atom. The predicted molar refractivity (Wildman–Crippen MR) is 96.2 cm³/mol. The van der Waals surface area contributed by atoms with Crippen molar-refractivity contribution in [3.8, 4) is 0 Å². The summed E-state index contributed by atoms with van der Waals surface area (Å²) in [4.78, 5) is 6.30. The summed E-state index contributed by atoms with van der Waals surface area (Å²) < 4.78 is 7.30. The fourth-order valence-corrected chi connectivity index (χ4v) is 2.28. The van der Waals surface area contributed by atoms with E-state index in [-0.39, 0.29) is 24.0 Å². The van der Waals surface area contributed by atoms with Crippen LogP contribution in [0.4, 0.5) is 0 Å². The van der Waals surface area contributed by atoms with Crippen molar-refractivity contribution in [1.82, 2.24) is 14.8 Å². The highest BCUT2D eigenvalue weighted by Crippen LogP contribution is 2.14. The molecule has 7 heteroatoms. The minimum Gasteiger partial charge on any atom is -0.467 e. The Morgan fingerprint density at radius 3 is 2.81 bits per heavy atom. The van der Waals surface area contributed by atoms with Gasteiger partial charge in [-0.3, -0.25) is 4.99 Å². The zero-order valence-corrected chi connectivity index (χ0v) is 15.4. The van der Waals surface area contributed by atoms with Crippen LogP contribution in [0.25, 0.3) is 0 Å². The minimum atomic E-state index is 0. The number of hydrogen-bond donors (Lipinski definition) is 1. The standard InChI is InChI=1S/C14H19ClN4O.HI/c1-16-14(17-8-13-5-4-6-20-13)19(3)10-12-7-11(15)9-18(12)2;/h4-7,9H,8,10H2,1-3H3,(H,16,17);1H. The summed E-state index contributed by atoms with van der Waals surface area (Å²) in [5.41, 5.74) is 1.12. The molecule has 1 N–H and O–H groups in total. The normalized spacial score (nSPS) is 11.1. The van der Waals surface area contributed by atoms with Crippen LogP contribution in [0.1, 0.15) is 11.5 Å². The van der Waals surface area contributed by atoms with Crippen molar-refractivity contribution in [1.29, 1.82) is 0 Å². The minimum absolute atomic E-state index is 0. The van der Waals surface area contributed by atoms with Crippen molar-refractivity contribution in [2.24, 2.45) is 12.0 Å². The van der Waals surface area contributed by atoms with Gasteiger partial charge in [0.1, 0.15) is 5.76 Å². The van der Waals surface area contributed by atoms with Crippen molar-refractivity contribution in [3.05, 3.63) is 47.1 Å². The van der Waals surface area contributed by atoms with E-state index in [1.165, 1.54) is 0 Å². The molecule has 0 amide bonds. The third-order valence-corrected chi connectivity index (χ3v) is 3.25. The number of nitrogens with zero attached hydrogens (tertiary/aromatic N) is 3. The smallest absolute Gasteiger partial charge is 0.194 e. The van der Waals surface area contributed by atoms with Crippen LogP contribution < -0.4 is 5.32 Å². The maximum absolute atomic E-state index is 5.99. The molecular formula is C14H20ClIN4O. The molecule has 2 aromatic heterocycles. The molecule has 2 aromatic rings. The number of aliphatic imine (C=N–C) groups is 1. The molecule has 21 heavy (non-hydrogen) atoms. The van der Waals surface area contributed by atoms with Crippen molar-refractivity contribution in [3.63, 3.8) is 0 Å². The van der Waals surface area contributed by atoms with E-state index in [9.17, 15) is 0 Å². The molecule has 0 saturated heterocycles. The summed E-state index contributed by atoms with van der Waals surface area (Å²) in [6, 6.07) is 5.75. The second-order valence-electron chi connectivity index (χ2n) is 4.60. The summed E-state index contributed by atoms with van der Waals surface area (Å²) in [6.45, 7) is 1.33. The van der Waals surface area contributed by atoms with E-state index in [2.05, 4.69) is 10.3 Å². The molecule has 0 spiro atoms. The predicted octanol–water partition coefficient (Wildman–Crippen LogP) is 3.10. The summed E-state index contributed by atoms with van der Waals surface area (Å²) in [6.07, 6.45) is 3.55. The molecule has 0 aromatic carbocycles. The first-order valence-corrected chi connectivity index (χ1v) is 6.73. The van der Waals surface area contributed by atoms with E-state index < -0.39 is 0 Å². The molecular weight excluding hydrogens is 403 g/mol. The Labute approximate surface area is 147 Å². The lowest BCUT2D eigenvalue weighted by molar-refractivity contribution is 0.449. The number of rotatable bonds is 4. The van der Waals surface area contributed by atoms with E-state index in [0.29, 0.717) is 6.54 Å². The van der Waals surface area contributed by atoms with Gasteiger partial charge in [-0.05, 0) is 18.2 Å². The number of aromatic nitrogens is 1. The average Bonchev–Trinajstić information content (AvgIpc) is 3.01. The van der Waals surface area contributed by atoms with Crippen LogP contribution in [-0.2, 0) is 20.1 Å². The molecule has 0 saturated carbocycles. The lowest BCUT2D eigenvalue weighted by atomic mass is 10.4. The third kappa shape index (κ3) is 4.96. The van der Waals surface area contributed by atoms with Crippen LogP contribution >= 0.6 is 35.6 Å².